The second kappa shape index (κ2) is 2.25. The van der Waals surface area contributed by atoms with Crippen LogP contribution in [0.3, 0.4) is 0 Å². The Balaban J connectivity index is 2.79. The maximum absolute atomic E-state index is 8.42. The molecule has 2 aromatic heterocycles. The summed E-state index contributed by atoms with van der Waals surface area (Å²) in [6.07, 6.45) is 1.58. The first kappa shape index (κ1) is 6.19. The number of nitrogens with zero attached hydrogens (tertiary/aromatic N) is 4. The molecule has 0 saturated heterocycles. The molecule has 2 heterocycles. The highest BCUT2D eigenvalue weighted by atomic mass is 32.1. The van der Waals surface area contributed by atoms with Gasteiger partial charge in [0.15, 0.2) is 11.2 Å². The number of hydrogen-bond acceptors (Lipinski definition) is 5. The van der Waals surface area contributed by atoms with Gasteiger partial charge in [-0.05, 0) is 0 Å². The van der Waals surface area contributed by atoms with E-state index in [9.17, 15) is 0 Å². The van der Waals surface area contributed by atoms with Gasteiger partial charge >= 0.3 is 0 Å². The lowest BCUT2D eigenvalue weighted by Gasteiger charge is -1.84. The molecule has 0 saturated carbocycles. The minimum atomic E-state index is 0.150. The summed E-state index contributed by atoms with van der Waals surface area (Å²) in [7, 11) is 0. The molecule has 0 bridgehead atoms. The third-order valence-electron chi connectivity index (χ3n) is 1.14. The summed E-state index contributed by atoms with van der Waals surface area (Å²) in [5.41, 5.74) is 3.21. The Labute approximate surface area is 66.2 Å². The second-order valence-electron chi connectivity index (χ2n) is 1.80. The summed E-state index contributed by atoms with van der Waals surface area (Å²) in [5.74, 6) is 0.150. The number of aromatic nitrogens is 3. The standard InChI is InChI=1S/C6HN4S/c7-1-5-8-2-4-6(10-5)9-3-11-4/h2H. The van der Waals surface area contributed by atoms with Gasteiger partial charge in [0.05, 0.1) is 10.9 Å². The molecule has 4 nitrogen and oxygen atoms in total. The molecule has 0 aliphatic heterocycles. The first-order valence-corrected chi connectivity index (χ1v) is 3.61. The largest absolute Gasteiger partial charge is 0.234 e. The van der Waals surface area contributed by atoms with Crippen molar-refractivity contribution in [3.05, 3.63) is 17.5 Å². The van der Waals surface area contributed by atoms with E-state index in [1.165, 1.54) is 11.3 Å². The van der Waals surface area contributed by atoms with Crippen LogP contribution in [0.4, 0.5) is 0 Å². The molecule has 1 radical (unpaired) electrons. The molecule has 0 N–H and O–H groups in total. The second-order valence-corrected chi connectivity index (χ2v) is 2.62. The lowest BCUT2D eigenvalue weighted by Crippen LogP contribution is -1.86. The van der Waals surface area contributed by atoms with Gasteiger partial charge in [0.2, 0.25) is 5.82 Å². The summed E-state index contributed by atoms with van der Waals surface area (Å²) < 4.78 is 0.851. The maximum Gasteiger partial charge on any atom is 0.234 e. The summed E-state index contributed by atoms with van der Waals surface area (Å²) in [6, 6.07) is 1.84. The quantitative estimate of drug-likeness (QED) is 0.572. The molecule has 5 heteroatoms. The molecular weight excluding hydrogens is 160 g/mol. The van der Waals surface area contributed by atoms with Crippen LogP contribution in [0.25, 0.3) is 10.3 Å². The zero-order valence-corrected chi connectivity index (χ0v) is 6.09. The Morgan fingerprint density at radius 1 is 1.64 bits per heavy atom. The minimum absolute atomic E-state index is 0.150. The van der Waals surface area contributed by atoms with Crippen molar-refractivity contribution >= 4 is 21.7 Å². The van der Waals surface area contributed by atoms with Crippen LogP contribution in [0.5, 0.6) is 0 Å². The molecule has 51 valence electrons. The summed E-state index contributed by atoms with van der Waals surface area (Å²) in [4.78, 5) is 11.4. The van der Waals surface area contributed by atoms with Crippen molar-refractivity contribution in [1.82, 2.24) is 15.0 Å². The monoisotopic (exact) mass is 161 g/mol. The summed E-state index contributed by atoms with van der Waals surface area (Å²) in [6.45, 7) is 0. The highest BCUT2D eigenvalue weighted by molar-refractivity contribution is 7.16. The van der Waals surface area contributed by atoms with Crippen LogP contribution < -0.4 is 0 Å². The average Bonchev–Trinajstić information content (AvgIpc) is 2.50. The fourth-order valence-electron chi connectivity index (χ4n) is 0.683. The van der Waals surface area contributed by atoms with Crippen molar-refractivity contribution in [1.29, 1.82) is 5.26 Å². The van der Waals surface area contributed by atoms with Gasteiger partial charge in [-0.15, -0.1) is 11.3 Å². The number of hydrogen-bond donors (Lipinski definition) is 0. The van der Waals surface area contributed by atoms with Crippen LogP contribution in [0.1, 0.15) is 5.82 Å². The molecule has 0 aliphatic carbocycles. The molecular formula is C6HN4S. The molecule has 2 aromatic rings. The number of rotatable bonds is 0. The molecule has 11 heavy (non-hydrogen) atoms. The fraction of sp³-hybridized carbons (Fsp3) is 0. The van der Waals surface area contributed by atoms with E-state index in [0.717, 1.165) is 4.70 Å². The van der Waals surface area contributed by atoms with Crippen LogP contribution in [0.2, 0.25) is 0 Å². The summed E-state index contributed by atoms with van der Waals surface area (Å²) in [5, 5.41) is 8.42. The van der Waals surface area contributed by atoms with E-state index in [1.807, 2.05) is 6.07 Å². The fourth-order valence-corrected chi connectivity index (χ4v) is 1.20. The molecule has 0 fully saturated rings. The van der Waals surface area contributed by atoms with Crippen LogP contribution in [0, 0.1) is 16.8 Å². The molecule has 0 aliphatic rings. The van der Waals surface area contributed by atoms with Crippen molar-refractivity contribution in [2.75, 3.05) is 0 Å². The first-order valence-electron chi connectivity index (χ1n) is 2.80. The Bertz CT molecular complexity index is 427. The number of thiazole rings is 1. The van der Waals surface area contributed by atoms with E-state index in [0.29, 0.717) is 5.65 Å². The molecule has 0 spiro atoms. The Hall–Kier alpha value is -1.54. The van der Waals surface area contributed by atoms with E-state index in [-0.39, 0.29) is 5.82 Å². The lowest BCUT2D eigenvalue weighted by atomic mass is 10.6. The van der Waals surface area contributed by atoms with Gasteiger partial charge < -0.3 is 0 Å². The molecule has 0 atom stereocenters. The van der Waals surface area contributed by atoms with Gasteiger partial charge in [-0.2, -0.15) is 10.2 Å². The minimum Gasteiger partial charge on any atom is -0.226 e. The Morgan fingerprint density at radius 2 is 2.55 bits per heavy atom. The van der Waals surface area contributed by atoms with Gasteiger partial charge in [0, 0.05) is 0 Å². The van der Waals surface area contributed by atoms with Crippen LogP contribution in [-0.2, 0) is 0 Å². The van der Waals surface area contributed by atoms with Gasteiger partial charge in [-0.25, -0.2) is 9.97 Å². The van der Waals surface area contributed by atoms with Gasteiger partial charge in [-0.1, -0.05) is 0 Å². The van der Waals surface area contributed by atoms with Gasteiger partial charge in [0.1, 0.15) is 6.07 Å². The third kappa shape index (κ3) is 0.932. The zero-order valence-electron chi connectivity index (χ0n) is 5.27. The topological polar surface area (TPSA) is 62.5 Å². The molecule has 0 amide bonds. The highest BCUT2D eigenvalue weighted by Crippen LogP contribution is 2.12. The van der Waals surface area contributed by atoms with Gasteiger partial charge in [-0.3, -0.25) is 0 Å². The average molecular weight is 161 g/mol. The first-order chi connectivity index (χ1) is 5.40. The van der Waals surface area contributed by atoms with Crippen molar-refractivity contribution in [3.8, 4) is 6.07 Å². The molecule has 0 aromatic carbocycles. The number of fused-ring (bicyclic) bond motifs is 1. The van der Waals surface area contributed by atoms with Crippen molar-refractivity contribution < 1.29 is 0 Å². The third-order valence-corrected chi connectivity index (χ3v) is 1.83. The van der Waals surface area contributed by atoms with E-state index >= 15 is 0 Å². The molecule has 2 rings (SSSR count). The predicted octanol–water partition coefficient (Wildman–Crippen LogP) is 0.758. The SMILES string of the molecule is N#Cc1ncc2s[c]nc2n1. The van der Waals surface area contributed by atoms with Crippen molar-refractivity contribution in [2.24, 2.45) is 0 Å². The van der Waals surface area contributed by atoms with Crippen LogP contribution in [0.15, 0.2) is 6.20 Å². The van der Waals surface area contributed by atoms with E-state index in [1.54, 1.807) is 6.20 Å². The number of nitriles is 1. The predicted molar refractivity (Wildman–Crippen MR) is 38.8 cm³/mol. The van der Waals surface area contributed by atoms with E-state index in [2.05, 4.69) is 20.5 Å². The van der Waals surface area contributed by atoms with Gasteiger partial charge in [0.25, 0.3) is 0 Å². The maximum atomic E-state index is 8.42. The van der Waals surface area contributed by atoms with E-state index < -0.39 is 0 Å². The normalized spacial score (nSPS) is 9.73. The zero-order chi connectivity index (χ0) is 7.68. The highest BCUT2D eigenvalue weighted by Gasteiger charge is 1.99. The Kier molecular flexibility index (Phi) is 1.27. The summed E-state index contributed by atoms with van der Waals surface area (Å²) >= 11 is 1.34. The van der Waals surface area contributed by atoms with Crippen molar-refractivity contribution in [2.45, 2.75) is 0 Å². The Morgan fingerprint density at radius 3 is 3.36 bits per heavy atom. The molecule has 0 unspecified atom stereocenters. The van der Waals surface area contributed by atoms with Crippen LogP contribution >= 0.6 is 11.3 Å². The smallest absolute Gasteiger partial charge is 0.226 e. The van der Waals surface area contributed by atoms with E-state index in [4.69, 9.17) is 5.26 Å². The van der Waals surface area contributed by atoms with Crippen molar-refractivity contribution in [3.63, 3.8) is 0 Å². The lowest BCUT2D eigenvalue weighted by molar-refractivity contribution is 1.14. The van der Waals surface area contributed by atoms with Crippen LogP contribution in [-0.4, -0.2) is 15.0 Å².